The minimum absolute atomic E-state index is 0.149. The number of carbonyl (C=O) groups excluding carboxylic acids is 1. The first kappa shape index (κ1) is 14.1. The maximum atomic E-state index is 12.2. The molecule has 1 amide bonds. The molecule has 2 rings (SSSR count). The van der Waals surface area contributed by atoms with Crippen molar-refractivity contribution in [1.82, 2.24) is 10.3 Å². The summed E-state index contributed by atoms with van der Waals surface area (Å²) < 4.78 is 0.746. The molecule has 1 aromatic carbocycles. The van der Waals surface area contributed by atoms with E-state index in [1.807, 2.05) is 37.3 Å². The summed E-state index contributed by atoms with van der Waals surface area (Å²) in [4.78, 5) is 17.2. The number of pyridine rings is 1. The minimum Gasteiger partial charge on any atom is -0.344 e. The van der Waals surface area contributed by atoms with Crippen LogP contribution in [0.4, 0.5) is 0 Å². The van der Waals surface area contributed by atoms with Crippen LogP contribution in [0.5, 0.6) is 0 Å². The van der Waals surface area contributed by atoms with E-state index in [1.54, 1.807) is 12.3 Å². The van der Waals surface area contributed by atoms with E-state index >= 15 is 0 Å². The molecule has 98 valence electrons. The first-order valence-corrected chi connectivity index (χ1v) is 7.02. The van der Waals surface area contributed by atoms with E-state index < -0.39 is 0 Å². The summed E-state index contributed by atoms with van der Waals surface area (Å²) >= 11 is 7.61. The number of carbonyl (C=O) groups is 1. The maximum Gasteiger partial charge on any atom is 0.252 e. The standard InChI is InChI=1S/C14H13BrN2OS/c1-9(13-4-2-3-7-16-13)17-14(18)11-8-10(19)5-6-12(11)15/h2-9,19H,1H3,(H,17,18). The molecule has 0 aliphatic rings. The average molecular weight is 337 g/mol. The molecule has 0 fully saturated rings. The third kappa shape index (κ3) is 3.58. The van der Waals surface area contributed by atoms with Crippen molar-refractivity contribution in [1.29, 1.82) is 0 Å². The van der Waals surface area contributed by atoms with Crippen LogP contribution in [0.1, 0.15) is 29.0 Å². The van der Waals surface area contributed by atoms with E-state index in [4.69, 9.17) is 0 Å². The van der Waals surface area contributed by atoms with Crippen LogP contribution in [0.3, 0.4) is 0 Å². The molecule has 1 heterocycles. The molecule has 2 aromatic rings. The minimum atomic E-state index is -0.152. The summed E-state index contributed by atoms with van der Waals surface area (Å²) in [7, 11) is 0. The molecule has 19 heavy (non-hydrogen) atoms. The van der Waals surface area contributed by atoms with Crippen LogP contribution >= 0.6 is 28.6 Å². The van der Waals surface area contributed by atoms with Crippen molar-refractivity contribution in [2.45, 2.75) is 17.9 Å². The normalized spacial score (nSPS) is 11.9. The Labute approximate surface area is 126 Å². The second-order valence-corrected chi connectivity index (χ2v) is 5.48. The third-order valence-corrected chi connectivity index (χ3v) is 3.64. The van der Waals surface area contributed by atoms with E-state index in [9.17, 15) is 4.79 Å². The summed E-state index contributed by atoms with van der Waals surface area (Å²) in [6.07, 6.45) is 1.71. The largest absolute Gasteiger partial charge is 0.344 e. The summed E-state index contributed by atoms with van der Waals surface area (Å²) in [6.45, 7) is 1.90. The van der Waals surface area contributed by atoms with Gasteiger partial charge in [-0.05, 0) is 53.2 Å². The fraction of sp³-hybridized carbons (Fsp3) is 0.143. The molecule has 1 unspecified atom stereocenters. The number of halogens is 1. The van der Waals surface area contributed by atoms with Crippen LogP contribution < -0.4 is 5.32 Å². The summed E-state index contributed by atoms with van der Waals surface area (Å²) in [5.74, 6) is -0.152. The monoisotopic (exact) mass is 336 g/mol. The molecule has 0 spiro atoms. The van der Waals surface area contributed by atoms with Gasteiger partial charge in [-0.15, -0.1) is 12.6 Å². The highest BCUT2D eigenvalue weighted by molar-refractivity contribution is 9.10. The van der Waals surface area contributed by atoms with Gasteiger partial charge in [0.1, 0.15) is 0 Å². The highest BCUT2D eigenvalue weighted by Gasteiger charge is 2.14. The molecule has 0 saturated heterocycles. The van der Waals surface area contributed by atoms with Crippen LogP contribution in [-0.2, 0) is 0 Å². The summed E-state index contributed by atoms with van der Waals surface area (Å²) in [5, 5.41) is 2.92. The Morgan fingerprint density at radius 1 is 1.37 bits per heavy atom. The second-order valence-electron chi connectivity index (χ2n) is 4.11. The van der Waals surface area contributed by atoms with Crippen LogP contribution in [0.15, 0.2) is 52.0 Å². The number of rotatable bonds is 3. The van der Waals surface area contributed by atoms with Crippen molar-refractivity contribution in [2.75, 3.05) is 0 Å². The molecule has 3 nitrogen and oxygen atoms in total. The van der Waals surface area contributed by atoms with Crippen LogP contribution in [0.2, 0.25) is 0 Å². The second kappa shape index (κ2) is 6.21. The number of benzene rings is 1. The van der Waals surface area contributed by atoms with E-state index in [-0.39, 0.29) is 11.9 Å². The van der Waals surface area contributed by atoms with Gasteiger partial charge >= 0.3 is 0 Å². The summed E-state index contributed by atoms with van der Waals surface area (Å²) in [6, 6.07) is 10.8. The Balaban J connectivity index is 2.15. The Morgan fingerprint density at radius 3 is 2.84 bits per heavy atom. The fourth-order valence-corrected chi connectivity index (χ4v) is 2.30. The van der Waals surface area contributed by atoms with Gasteiger partial charge in [-0.3, -0.25) is 9.78 Å². The van der Waals surface area contributed by atoms with E-state index in [2.05, 4.69) is 38.9 Å². The highest BCUT2D eigenvalue weighted by Crippen LogP contribution is 2.21. The first-order valence-electron chi connectivity index (χ1n) is 5.78. The van der Waals surface area contributed by atoms with Gasteiger partial charge in [0.2, 0.25) is 0 Å². The number of thiol groups is 1. The molecular weight excluding hydrogens is 324 g/mol. The van der Waals surface area contributed by atoms with Crippen molar-refractivity contribution in [3.63, 3.8) is 0 Å². The SMILES string of the molecule is CC(NC(=O)c1cc(S)ccc1Br)c1ccccn1. The number of nitrogens with one attached hydrogen (secondary N) is 1. The summed E-state index contributed by atoms with van der Waals surface area (Å²) in [5.41, 5.74) is 1.39. The van der Waals surface area contributed by atoms with Gasteiger partial charge in [0.25, 0.3) is 5.91 Å². The lowest BCUT2D eigenvalue weighted by Crippen LogP contribution is -2.27. The molecule has 0 bridgehead atoms. The van der Waals surface area contributed by atoms with Crippen molar-refractivity contribution in [3.8, 4) is 0 Å². The van der Waals surface area contributed by atoms with Crippen LogP contribution in [0.25, 0.3) is 0 Å². The van der Waals surface area contributed by atoms with Gasteiger partial charge in [-0.1, -0.05) is 6.07 Å². The van der Waals surface area contributed by atoms with Gasteiger partial charge in [-0.2, -0.15) is 0 Å². The van der Waals surface area contributed by atoms with Gasteiger partial charge in [-0.25, -0.2) is 0 Å². The van der Waals surface area contributed by atoms with Crippen molar-refractivity contribution in [3.05, 3.63) is 58.3 Å². The van der Waals surface area contributed by atoms with Gasteiger partial charge in [0.15, 0.2) is 0 Å². The Bertz CT molecular complexity index is 589. The van der Waals surface area contributed by atoms with Crippen LogP contribution in [-0.4, -0.2) is 10.9 Å². The molecule has 0 saturated carbocycles. The number of amides is 1. The number of nitrogens with zero attached hydrogens (tertiary/aromatic N) is 1. The topological polar surface area (TPSA) is 42.0 Å². The molecule has 1 atom stereocenters. The number of aromatic nitrogens is 1. The molecule has 1 N–H and O–H groups in total. The van der Waals surface area contributed by atoms with Gasteiger partial charge in [0, 0.05) is 15.6 Å². The van der Waals surface area contributed by atoms with E-state index in [0.29, 0.717) is 5.56 Å². The lowest BCUT2D eigenvalue weighted by molar-refractivity contribution is 0.0938. The van der Waals surface area contributed by atoms with Crippen LogP contribution in [0, 0.1) is 0 Å². The van der Waals surface area contributed by atoms with Gasteiger partial charge in [0.05, 0.1) is 17.3 Å². The van der Waals surface area contributed by atoms with Crippen molar-refractivity contribution in [2.24, 2.45) is 0 Å². The zero-order valence-electron chi connectivity index (χ0n) is 10.3. The Hall–Kier alpha value is -1.33. The molecule has 0 aliphatic carbocycles. The third-order valence-electron chi connectivity index (χ3n) is 2.67. The predicted octanol–water partition coefficient (Wildman–Crippen LogP) is 3.62. The first-order chi connectivity index (χ1) is 9.08. The lowest BCUT2D eigenvalue weighted by atomic mass is 10.1. The predicted molar refractivity (Wildman–Crippen MR) is 81.5 cm³/mol. The van der Waals surface area contributed by atoms with Gasteiger partial charge < -0.3 is 5.32 Å². The molecule has 5 heteroatoms. The molecular formula is C14H13BrN2OS. The highest BCUT2D eigenvalue weighted by atomic mass is 79.9. The maximum absolute atomic E-state index is 12.2. The fourth-order valence-electron chi connectivity index (χ4n) is 1.67. The Morgan fingerprint density at radius 2 is 2.16 bits per heavy atom. The van der Waals surface area contributed by atoms with E-state index in [1.165, 1.54) is 0 Å². The van der Waals surface area contributed by atoms with Crippen molar-refractivity contribution >= 4 is 34.5 Å². The molecule has 0 aliphatic heterocycles. The molecule has 0 radical (unpaired) electrons. The number of hydrogen-bond donors (Lipinski definition) is 2. The molecule has 1 aromatic heterocycles. The number of hydrogen-bond acceptors (Lipinski definition) is 3. The van der Waals surface area contributed by atoms with E-state index in [0.717, 1.165) is 15.1 Å². The lowest BCUT2D eigenvalue weighted by Gasteiger charge is -2.14. The quantitative estimate of drug-likeness (QED) is 0.840. The zero-order chi connectivity index (χ0) is 13.8. The average Bonchev–Trinajstić information content (AvgIpc) is 2.42. The zero-order valence-corrected chi connectivity index (χ0v) is 12.8. The Kier molecular flexibility index (Phi) is 4.61. The smallest absolute Gasteiger partial charge is 0.252 e. The van der Waals surface area contributed by atoms with Crippen molar-refractivity contribution < 1.29 is 4.79 Å².